The van der Waals surface area contributed by atoms with Crippen LogP contribution in [-0.4, -0.2) is 46.5 Å². The predicted octanol–water partition coefficient (Wildman–Crippen LogP) is 0.815. The van der Waals surface area contributed by atoms with E-state index in [-0.39, 0.29) is 11.9 Å². The number of nitrogens with zero attached hydrogens (tertiary/aromatic N) is 1. The van der Waals surface area contributed by atoms with Gasteiger partial charge in [0, 0.05) is 18.8 Å². The molecule has 4 nitrogen and oxygen atoms in total. The fourth-order valence-corrected chi connectivity index (χ4v) is 3.24. The summed E-state index contributed by atoms with van der Waals surface area (Å²) in [6.45, 7) is 0. The van der Waals surface area contributed by atoms with Crippen molar-refractivity contribution in [1.29, 1.82) is 0 Å². The van der Waals surface area contributed by atoms with Gasteiger partial charge in [0.2, 0.25) is 5.91 Å². The largest absolute Gasteiger partial charge is 0.480 e. The van der Waals surface area contributed by atoms with E-state index in [1.54, 1.807) is 11.9 Å². The SMILES string of the molecule is CN(C(=O)C1(C(=O)O)CC1)C1CCSC1. The van der Waals surface area contributed by atoms with Crippen LogP contribution in [0.25, 0.3) is 0 Å². The van der Waals surface area contributed by atoms with Crippen molar-refractivity contribution in [3.63, 3.8) is 0 Å². The molecule has 1 aliphatic heterocycles. The molecule has 1 saturated carbocycles. The number of carbonyl (C=O) groups excluding carboxylic acids is 1. The van der Waals surface area contributed by atoms with E-state index in [0.717, 1.165) is 17.9 Å². The van der Waals surface area contributed by atoms with Gasteiger partial charge in [-0.3, -0.25) is 9.59 Å². The highest BCUT2D eigenvalue weighted by Crippen LogP contribution is 2.47. The van der Waals surface area contributed by atoms with Crippen LogP contribution in [0.5, 0.6) is 0 Å². The van der Waals surface area contributed by atoms with E-state index >= 15 is 0 Å². The van der Waals surface area contributed by atoms with Gasteiger partial charge in [0.1, 0.15) is 5.41 Å². The van der Waals surface area contributed by atoms with Crippen molar-refractivity contribution in [2.24, 2.45) is 5.41 Å². The zero-order chi connectivity index (χ0) is 11.1. The smallest absolute Gasteiger partial charge is 0.319 e. The predicted molar refractivity (Wildman–Crippen MR) is 57.8 cm³/mol. The van der Waals surface area contributed by atoms with Crippen LogP contribution in [0.3, 0.4) is 0 Å². The molecule has 0 aromatic carbocycles. The molecule has 15 heavy (non-hydrogen) atoms. The molecule has 2 rings (SSSR count). The summed E-state index contributed by atoms with van der Waals surface area (Å²) in [4.78, 5) is 24.6. The summed E-state index contributed by atoms with van der Waals surface area (Å²) in [7, 11) is 1.74. The Labute approximate surface area is 93.0 Å². The molecule has 1 unspecified atom stereocenters. The Hall–Kier alpha value is -0.710. The Balaban J connectivity index is 2.04. The molecule has 5 heteroatoms. The van der Waals surface area contributed by atoms with Crippen molar-refractivity contribution in [2.75, 3.05) is 18.6 Å². The van der Waals surface area contributed by atoms with Crippen molar-refractivity contribution in [3.8, 4) is 0 Å². The molecule has 1 saturated heterocycles. The van der Waals surface area contributed by atoms with E-state index in [1.165, 1.54) is 0 Å². The molecule has 1 N–H and O–H groups in total. The monoisotopic (exact) mass is 229 g/mol. The van der Waals surface area contributed by atoms with E-state index in [9.17, 15) is 9.59 Å². The van der Waals surface area contributed by atoms with Crippen molar-refractivity contribution in [3.05, 3.63) is 0 Å². The topological polar surface area (TPSA) is 57.6 Å². The van der Waals surface area contributed by atoms with Crippen LogP contribution in [0, 0.1) is 5.41 Å². The highest BCUT2D eigenvalue weighted by Gasteiger charge is 2.58. The number of aliphatic carboxylic acids is 1. The van der Waals surface area contributed by atoms with Gasteiger partial charge < -0.3 is 10.0 Å². The van der Waals surface area contributed by atoms with Crippen LogP contribution in [0.4, 0.5) is 0 Å². The number of amides is 1. The maximum absolute atomic E-state index is 12.0. The number of carboxylic acid groups (broad SMARTS) is 1. The lowest BCUT2D eigenvalue weighted by atomic mass is 10.0. The van der Waals surface area contributed by atoms with Gasteiger partial charge in [-0.15, -0.1) is 0 Å². The summed E-state index contributed by atoms with van der Waals surface area (Å²) in [5.41, 5.74) is -1.07. The maximum Gasteiger partial charge on any atom is 0.319 e. The minimum atomic E-state index is -1.07. The summed E-state index contributed by atoms with van der Waals surface area (Å²) >= 11 is 1.83. The molecule has 1 atom stereocenters. The third-order valence-electron chi connectivity index (χ3n) is 3.34. The third kappa shape index (κ3) is 1.73. The average molecular weight is 229 g/mol. The van der Waals surface area contributed by atoms with Crippen LogP contribution in [0.2, 0.25) is 0 Å². The van der Waals surface area contributed by atoms with E-state index in [2.05, 4.69) is 0 Å². The Kier molecular flexibility index (Phi) is 2.66. The lowest BCUT2D eigenvalue weighted by molar-refractivity contribution is -0.153. The fraction of sp³-hybridized carbons (Fsp3) is 0.800. The molecular weight excluding hydrogens is 214 g/mol. The van der Waals surface area contributed by atoms with Crippen LogP contribution < -0.4 is 0 Å². The maximum atomic E-state index is 12.0. The Bertz CT molecular complexity index is 295. The van der Waals surface area contributed by atoms with Crippen LogP contribution in [0.1, 0.15) is 19.3 Å². The van der Waals surface area contributed by atoms with E-state index in [4.69, 9.17) is 5.11 Å². The van der Waals surface area contributed by atoms with Crippen LogP contribution in [-0.2, 0) is 9.59 Å². The Morgan fingerprint density at radius 3 is 2.53 bits per heavy atom. The number of rotatable bonds is 3. The first kappa shape index (κ1) is 10.8. The zero-order valence-corrected chi connectivity index (χ0v) is 9.55. The molecular formula is C10H15NO3S. The second-order valence-corrected chi connectivity index (χ2v) is 5.47. The van der Waals surface area contributed by atoms with Crippen molar-refractivity contribution in [2.45, 2.75) is 25.3 Å². The molecule has 0 aromatic heterocycles. The van der Waals surface area contributed by atoms with Crippen LogP contribution in [0.15, 0.2) is 0 Å². The molecule has 84 valence electrons. The first-order valence-electron chi connectivity index (χ1n) is 5.16. The van der Waals surface area contributed by atoms with Gasteiger partial charge in [0.15, 0.2) is 0 Å². The van der Waals surface area contributed by atoms with E-state index in [0.29, 0.717) is 12.8 Å². The standard InChI is InChI=1S/C10H15NO3S/c1-11(7-2-5-15-6-7)8(12)10(3-4-10)9(13)14/h7H,2-6H2,1H3,(H,13,14). The minimum absolute atomic E-state index is 0.192. The van der Waals surface area contributed by atoms with Gasteiger partial charge >= 0.3 is 5.97 Å². The van der Waals surface area contributed by atoms with Crippen molar-refractivity contribution < 1.29 is 14.7 Å². The second-order valence-electron chi connectivity index (χ2n) is 4.32. The molecule has 2 aliphatic rings. The Morgan fingerprint density at radius 1 is 1.47 bits per heavy atom. The van der Waals surface area contributed by atoms with Gasteiger partial charge in [-0.1, -0.05) is 0 Å². The first-order valence-corrected chi connectivity index (χ1v) is 6.32. The molecule has 1 amide bonds. The fourth-order valence-electron chi connectivity index (χ4n) is 1.98. The highest BCUT2D eigenvalue weighted by molar-refractivity contribution is 7.99. The second kappa shape index (κ2) is 3.70. The molecule has 1 heterocycles. The van der Waals surface area contributed by atoms with E-state index < -0.39 is 11.4 Å². The van der Waals surface area contributed by atoms with Gasteiger partial charge in [-0.05, 0) is 25.0 Å². The summed E-state index contributed by atoms with van der Waals surface area (Å²) in [5, 5.41) is 9.01. The summed E-state index contributed by atoms with van der Waals surface area (Å²) < 4.78 is 0. The number of carbonyl (C=O) groups is 2. The normalized spacial score (nSPS) is 27.4. The quantitative estimate of drug-likeness (QED) is 0.728. The summed E-state index contributed by atoms with van der Waals surface area (Å²) in [6, 6.07) is 0.235. The highest BCUT2D eigenvalue weighted by atomic mass is 32.2. The minimum Gasteiger partial charge on any atom is -0.480 e. The zero-order valence-electron chi connectivity index (χ0n) is 8.73. The lowest BCUT2D eigenvalue weighted by Gasteiger charge is -2.26. The van der Waals surface area contributed by atoms with Gasteiger partial charge in [-0.2, -0.15) is 11.8 Å². The van der Waals surface area contributed by atoms with Crippen LogP contribution >= 0.6 is 11.8 Å². The van der Waals surface area contributed by atoms with Gasteiger partial charge in [0.05, 0.1) is 0 Å². The summed E-state index contributed by atoms with van der Waals surface area (Å²) in [5.74, 6) is 0.868. The molecule has 0 spiro atoms. The average Bonchev–Trinajstić information content (AvgIpc) is 2.85. The van der Waals surface area contributed by atoms with Crippen molar-refractivity contribution in [1.82, 2.24) is 4.90 Å². The third-order valence-corrected chi connectivity index (χ3v) is 4.49. The molecule has 0 radical (unpaired) electrons. The number of hydrogen-bond donors (Lipinski definition) is 1. The first-order chi connectivity index (χ1) is 7.08. The molecule has 1 aliphatic carbocycles. The molecule has 2 fully saturated rings. The lowest BCUT2D eigenvalue weighted by Crippen LogP contribution is -2.44. The number of thioether (sulfide) groups is 1. The Morgan fingerprint density at radius 2 is 2.13 bits per heavy atom. The molecule has 0 bridgehead atoms. The van der Waals surface area contributed by atoms with Gasteiger partial charge in [0.25, 0.3) is 0 Å². The van der Waals surface area contributed by atoms with Gasteiger partial charge in [-0.25, -0.2) is 0 Å². The van der Waals surface area contributed by atoms with Crippen molar-refractivity contribution >= 4 is 23.6 Å². The molecule has 0 aromatic rings. The van der Waals surface area contributed by atoms with E-state index in [1.807, 2.05) is 11.8 Å². The summed E-state index contributed by atoms with van der Waals surface area (Å²) in [6.07, 6.45) is 2.00. The number of hydrogen-bond acceptors (Lipinski definition) is 3. The number of carboxylic acids is 1.